The molecule has 160 valence electrons. The summed E-state index contributed by atoms with van der Waals surface area (Å²) in [5.74, 6) is -0.519. The number of H-pyrrole nitrogens is 1. The maximum absolute atomic E-state index is 12.5. The van der Waals surface area contributed by atoms with E-state index in [0.717, 1.165) is 16.3 Å². The van der Waals surface area contributed by atoms with Crippen LogP contribution < -0.4 is 22.1 Å². The third-order valence-electron chi connectivity index (χ3n) is 5.58. The maximum atomic E-state index is 12.5. The number of pyridine rings is 1. The topological polar surface area (TPSA) is 132 Å². The first kappa shape index (κ1) is 20.5. The van der Waals surface area contributed by atoms with Crippen molar-refractivity contribution < 1.29 is 4.79 Å². The predicted molar refractivity (Wildman–Crippen MR) is 113 cm³/mol. The molecule has 3 heterocycles. The Morgan fingerprint density at radius 2 is 1.90 bits per heavy atom. The number of rotatable bonds is 4. The van der Waals surface area contributed by atoms with Crippen LogP contribution in [-0.4, -0.2) is 36.3 Å². The van der Waals surface area contributed by atoms with Crippen LogP contribution >= 0.6 is 0 Å². The zero-order valence-electron chi connectivity index (χ0n) is 16.9. The van der Waals surface area contributed by atoms with E-state index in [0.29, 0.717) is 31.4 Å². The van der Waals surface area contributed by atoms with Crippen LogP contribution in [0.3, 0.4) is 0 Å². The SMILES string of the molecule is Cn1c(=O)[nH]cc(C(=O)NC2CCC(n3nc(-c4cccnc4)ccc3=O)CC2)c1=O. The van der Waals surface area contributed by atoms with Gasteiger partial charge in [-0.05, 0) is 43.9 Å². The van der Waals surface area contributed by atoms with Crippen LogP contribution in [0.5, 0.6) is 0 Å². The smallest absolute Gasteiger partial charge is 0.328 e. The van der Waals surface area contributed by atoms with Gasteiger partial charge in [0.05, 0.1) is 11.7 Å². The minimum atomic E-state index is -0.641. The molecule has 0 atom stereocenters. The van der Waals surface area contributed by atoms with Gasteiger partial charge in [0.2, 0.25) is 0 Å². The molecular weight excluding hydrogens is 400 g/mol. The van der Waals surface area contributed by atoms with Gasteiger partial charge < -0.3 is 10.3 Å². The van der Waals surface area contributed by atoms with Crippen LogP contribution in [0, 0.1) is 0 Å². The molecule has 0 unspecified atom stereocenters. The fourth-order valence-corrected chi connectivity index (χ4v) is 3.81. The van der Waals surface area contributed by atoms with Gasteiger partial charge in [-0.3, -0.25) is 23.9 Å². The van der Waals surface area contributed by atoms with Crippen molar-refractivity contribution in [3.63, 3.8) is 0 Å². The first-order valence-electron chi connectivity index (χ1n) is 10.0. The van der Waals surface area contributed by atoms with Crippen LogP contribution in [0.2, 0.25) is 0 Å². The molecular formula is C21H22N6O4. The first-order valence-corrected chi connectivity index (χ1v) is 10.0. The van der Waals surface area contributed by atoms with Gasteiger partial charge in [-0.2, -0.15) is 5.10 Å². The van der Waals surface area contributed by atoms with Crippen molar-refractivity contribution in [2.24, 2.45) is 7.05 Å². The van der Waals surface area contributed by atoms with Crippen molar-refractivity contribution in [1.82, 2.24) is 29.6 Å². The Morgan fingerprint density at radius 1 is 1.13 bits per heavy atom. The number of carbonyl (C=O) groups excluding carboxylic acids is 1. The van der Waals surface area contributed by atoms with Gasteiger partial charge in [0.1, 0.15) is 5.56 Å². The number of amides is 1. The van der Waals surface area contributed by atoms with Gasteiger partial charge >= 0.3 is 5.69 Å². The first-order chi connectivity index (χ1) is 14.9. The Bertz CT molecular complexity index is 1270. The van der Waals surface area contributed by atoms with Gasteiger partial charge in [0.15, 0.2) is 0 Å². The third-order valence-corrected chi connectivity index (χ3v) is 5.58. The molecule has 0 aliphatic heterocycles. The lowest BCUT2D eigenvalue weighted by molar-refractivity contribution is 0.0918. The number of nitrogens with one attached hydrogen (secondary N) is 2. The second kappa shape index (κ2) is 8.50. The number of aromatic nitrogens is 5. The van der Waals surface area contributed by atoms with Gasteiger partial charge in [-0.1, -0.05) is 0 Å². The van der Waals surface area contributed by atoms with Crippen LogP contribution in [0.15, 0.2) is 57.2 Å². The molecule has 3 aromatic heterocycles. The largest absolute Gasteiger partial charge is 0.349 e. The van der Waals surface area contributed by atoms with E-state index in [1.54, 1.807) is 18.5 Å². The van der Waals surface area contributed by atoms with Crippen LogP contribution in [0.25, 0.3) is 11.3 Å². The van der Waals surface area contributed by atoms with Crippen molar-refractivity contribution in [2.45, 2.75) is 37.8 Å². The lowest BCUT2D eigenvalue weighted by Crippen LogP contribution is -2.43. The second-order valence-electron chi connectivity index (χ2n) is 7.59. The third kappa shape index (κ3) is 4.23. The Balaban J connectivity index is 1.44. The van der Waals surface area contributed by atoms with Crippen molar-refractivity contribution in [2.75, 3.05) is 0 Å². The molecule has 0 aromatic carbocycles. The van der Waals surface area contributed by atoms with Crippen LogP contribution in [0.1, 0.15) is 42.1 Å². The summed E-state index contributed by atoms with van der Waals surface area (Å²) >= 11 is 0. The molecule has 4 rings (SSSR count). The number of aromatic amines is 1. The van der Waals surface area contributed by atoms with Gasteiger partial charge in [0, 0.05) is 43.3 Å². The minimum Gasteiger partial charge on any atom is -0.349 e. The molecule has 1 amide bonds. The number of nitrogens with zero attached hydrogens (tertiary/aromatic N) is 4. The molecule has 0 radical (unpaired) electrons. The highest BCUT2D eigenvalue weighted by atomic mass is 16.2. The van der Waals surface area contributed by atoms with E-state index in [9.17, 15) is 19.2 Å². The lowest BCUT2D eigenvalue weighted by Gasteiger charge is -2.29. The molecule has 1 aliphatic carbocycles. The molecule has 0 bridgehead atoms. The summed E-state index contributed by atoms with van der Waals surface area (Å²) in [6.07, 6.45) is 7.13. The summed E-state index contributed by atoms with van der Waals surface area (Å²) in [5.41, 5.74) is 0.0197. The standard InChI is InChI=1S/C21H22N6O4/c1-26-20(30)16(12-23-21(26)31)19(29)24-14-4-6-15(7-5-14)27-18(28)9-8-17(25-27)13-3-2-10-22-11-13/h2-3,8-12,14-15H,4-7H2,1H3,(H,23,31)(H,24,29). The summed E-state index contributed by atoms with van der Waals surface area (Å²) in [7, 11) is 1.31. The fraction of sp³-hybridized carbons (Fsp3) is 0.333. The molecule has 10 heteroatoms. The number of carbonyl (C=O) groups is 1. The Hall–Kier alpha value is -3.82. The number of hydrogen-bond donors (Lipinski definition) is 2. The molecule has 31 heavy (non-hydrogen) atoms. The van der Waals surface area contributed by atoms with E-state index in [2.05, 4.69) is 20.4 Å². The monoisotopic (exact) mass is 422 g/mol. The van der Waals surface area contributed by atoms with E-state index in [4.69, 9.17) is 0 Å². The summed E-state index contributed by atoms with van der Waals surface area (Å²) in [6, 6.07) is 6.70. The molecule has 3 aromatic rings. The Morgan fingerprint density at radius 3 is 2.61 bits per heavy atom. The average molecular weight is 422 g/mol. The van der Waals surface area contributed by atoms with Crippen molar-refractivity contribution in [3.8, 4) is 11.3 Å². The molecule has 1 saturated carbocycles. The maximum Gasteiger partial charge on any atom is 0.328 e. The zero-order valence-corrected chi connectivity index (χ0v) is 16.9. The average Bonchev–Trinajstić information content (AvgIpc) is 2.79. The van der Waals surface area contributed by atoms with E-state index in [-0.39, 0.29) is 23.2 Å². The van der Waals surface area contributed by atoms with Gasteiger partial charge in [-0.15, -0.1) is 0 Å². The normalized spacial score (nSPS) is 18.5. The lowest BCUT2D eigenvalue weighted by atomic mass is 9.91. The molecule has 1 fully saturated rings. The second-order valence-corrected chi connectivity index (χ2v) is 7.59. The van der Waals surface area contributed by atoms with Gasteiger partial charge in [0.25, 0.3) is 17.0 Å². The quantitative estimate of drug-likeness (QED) is 0.633. The highest BCUT2D eigenvalue weighted by molar-refractivity contribution is 5.93. The Labute approximate surface area is 176 Å². The number of hydrogen-bond acceptors (Lipinski definition) is 6. The highest BCUT2D eigenvalue weighted by Crippen LogP contribution is 2.27. The molecule has 0 spiro atoms. The van der Waals surface area contributed by atoms with Crippen molar-refractivity contribution in [1.29, 1.82) is 0 Å². The highest BCUT2D eigenvalue weighted by Gasteiger charge is 2.26. The van der Waals surface area contributed by atoms with Crippen LogP contribution in [-0.2, 0) is 7.05 Å². The molecule has 1 aliphatic rings. The van der Waals surface area contributed by atoms with Crippen molar-refractivity contribution in [3.05, 3.63) is 79.6 Å². The van der Waals surface area contributed by atoms with Crippen molar-refractivity contribution >= 4 is 5.91 Å². The van der Waals surface area contributed by atoms with E-state index < -0.39 is 17.2 Å². The summed E-state index contributed by atoms with van der Waals surface area (Å²) < 4.78 is 2.37. The van der Waals surface area contributed by atoms with E-state index in [1.807, 2.05) is 12.1 Å². The fourth-order valence-electron chi connectivity index (χ4n) is 3.81. The van der Waals surface area contributed by atoms with Gasteiger partial charge in [-0.25, -0.2) is 9.48 Å². The summed E-state index contributed by atoms with van der Waals surface area (Å²) in [5, 5.41) is 7.38. The minimum absolute atomic E-state index is 0.0711. The van der Waals surface area contributed by atoms with E-state index in [1.165, 1.54) is 17.8 Å². The summed E-state index contributed by atoms with van der Waals surface area (Å²) in [6.45, 7) is 0. The molecule has 2 N–H and O–H groups in total. The predicted octanol–water partition coefficient (Wildman–Crippen LogP) is 0.606. The molecule has 10 nitrogen and oxygen atoms in total. The van der Waals surface area contributed by atoms with E-state index >= 15 is 0 Å². The molecule has 0 saturated heterocycles. The Kier molecular flexibility index (Phi) is 5.61. The zero-order chi connectivity index (χ0) is 22.0. The van der Waals surface area contributed by atoms with Crippen LogP contribution in [0.4, 0.5) is 0 Å². The summed E-state index contributed by atoms with van der Waals surface area (Å²) in [4.78, 5) is 54.9.